The highest BCUT2D eigenvalue weighted by molar-refractivity contribution is 5.92. The molecule has 7 heteroatoms. The molecule has 142 valence electrons. The molecule has 1 atom stereocenters. The Bertz CT molecular complexity index is 1040. The van der Waals surface area contributed by atoms with Crippen LogP contribution in [-0.2, 0) is 9.53 Å². The van der Waals surface area contributed by atoms with Crippen molar-refractivity contribution in [3.05, 3.63) is 88.0 Å². The van der Waals surface area contributed by atoms with E-state index in [0.29, 0.717) is 0 Å². The van der Waals surface area contributed by atoms with E-state index in [1.807, 2.05) is 49.4 Å². The van der Waals surface area contributed by atoms with Crippen LogP contribution in [0, 0.1) is 10.1 Å². The van der Waals surface area contributed by atoms with Gasteiger partial charge in [0.2, 0.25) is 0 Å². The van der Waals surface area contributed by atoms with Gasteiger partial charge in [0.05, 0.1) is 16.5 Å². The lowest BCUT2D eigenvalue weighted by molar-refractivity contribution is -0.384. The predicted octanol–water partition coefficient (Wildman–Crippen LogP) is 3.78. The van der Waals surface area contributed by atoms with Crippen molar-refractivity contribution in [1.29, 1.82) is 0 Å². The van der Waals surface area contributed by atoms with Gasteiger partial charge in [-0.25, -0.2) is 4.79 Å². The van der Waals surface area contributed by atoms with Crippen LogP contribution in [0.2, 0.25) is 0 Å². The van der Waals surface area contributed by atoms with Crippen molar-refractivity contribution in [2.24, 2.45) is 0 Å². The summed E-state index contributed by atoms with van der Waals surface area (Å²) in [6, 6.07) is 18.6. The zero-order valence-electron chi connectivity index (χ0n) is 15.1. The minimum absolute atomic E-state index is 0.0177. The van der Waals surface area contributed by atoms with Crippen LogP contribution < -0.4 is 5.32 Å². The number of nitrogens with one attached hydrogen (secondary N) is 1. The smallest absolute Gasteiger partial charge is 0.338 e. The maximum atomic E-state index is 12.2. The number of non-ortho nitro benzene ring substituents is 1. The first-order chi connectivity index (χ1) is 13.5. The molecular formula is C21H18N2O5. The van der Waals surface area contributed by atoms with E-state index in [0.717, 1.165) is 22.4 Å². The van der Waals surface area contributed by atoms with Gasteiger partial charge in [0.25, 0.3) is 11.6 Å². The van der Waals surface area contributed by atoms with E-state index in [2.05, 4.69) is 5.32 Å². The summed E-state index contributed by atoms with van der Waals surface area (Å²) in [7, 11) is 0. The van der Waals surface area contributed by atoms with Crippen molar-refractivity contribution in [1.82, 2.24) is 5.32 Å². The van der Waals surface area contributed by atoms with Gasteiger partial charge in [0.1, 0.15) is 0 Å². The summed E-state index contributed by atoms with van der Waals surface area (Å²) in [5, 5.41) is 15.7. The van der Waals surface area contributed by atoms with Crippen molar-refractivity contribution >= 4 is 28.3 Å². The number of hydrogen-bond acceptors (Lipinski definition) is 5. The topological polar surface area (TPSA) is 98.5 Å². The largest absolute Gasteiger partial charge is 0.452 e. The first-order valence-corrected chi connectivity index (χ1v) is 8.64. The molecule has 3 rings (SSSR count). The maximum absolute atomic E-state index is 12.2. The molecule has 1 N–H and O–H groups in total. The fraction of sp³-hybridized carbons (Fsp3) is 0.143. The summed E-state index contributed by atoms with van der Waals surface area (Å²) in [5.74, 6) is -1.25. The van der Waals surface area contributed by atoms with Crippen LogP contribution >= 0.6 is 0 Å². The second-order valence-electron chi connectivity index (χ2n) is 6.24. The second-order valence-corrected chi connectivity index (χ2v) is 6.24. The fourth-order valence-electron chi connectivity index (χ4n) is 2.95. The number of hydrogen-bond donors (Lipinski definition) is 1. The molecule has 0 aliphatic heterocycles. The van der Waals surface area contributed by atoms with E-state index in [9.17, 15) is 19.7 Å². The van der Waals surface area contributed by atoms with Gasteiger partial charge in [0.15, 0.2) is 6.61 Å². The Hall–Kier alpha value is -3.74. The van der Waals surface area contributed by atoms with Crippen LogP contribution in [0.4, 0.5) is 5.69 Å². The predicted molar refractivity (Wildman–Crippen MR) is 104 cm³/mol. The van der Waals surface area contributed by atoms with E-state index in [4.69, 9.17) is 4.74 Å². The van der Waals surface area contributed by atoms with Crippen molar-refractivity contribution in [2.75, 3.05) is 6.61 Å². The lowest BCUT2D eigenvalue weighted by Gasteiger charge is -2.16. The monoisotopic (exact) mass is 378 g/mol. The quantitative estimate of drug-likeness (QED) is 0.400. The van der Waals surface area contributed by atoms with E-state index >= 15 is 0 Å². The van der Waals surface area contributed by atoms with Crippen molar-refractivity contribution in [2.45, 2.75) is 13.0 Å². The minimum atomic E-state index is -0.795. The van der Waals surface area contributed by atoms with Crippen molar-refractivity contribution in [3.63, 3.8) is 0 Å². The third-order valence-corrected chi connectivity index (χ3v) is 4.29. The number of carbonyl (C=O) groups is 2. The lowest BCUT2D eigenvalue weighted by atomic mass is 10.00. The van der Waals surface area contributed by atoms with E-state index < -0.39 is 23.4 Å². The van der Waals surface area contributed by atoms with Crippen LogP contribution in [0.3, 0.4) is 0 Å². The number of esters is 1. The van der Waals surface area contributed by atoms with Crippen molar-refractivity contribution < 1.29 is 19.2 Å². The number of nitro benzene ring substituents is 1. The molecule has 0 heterocycles. The molecule has 7 nitrogen and oxygen atoms in total. The first kappa shape index (κ1) is 19.0. The molecular weight excluding hydrogens is 360 g/mol. The molecule has 0 radical (unpaired) electrons. The van der Waals surface area contributed by atoms with Crippen LogP contribution in [0.25, 0.3) is 10.8 Å². The highest BCUT2D eigenvalue weighted by Gasteiger charge is 2.16. The molecule has 0 aromatic heterocycles. The molecule has 1 amide bonds. The number of rotatable bonds is 6. The SMILES string of the molecule is C[C@@H](NC(=O)COC(=O)c1cccc([N+](=O)[O-])c1)c1cccc2ccccc12. The number of nitro groups is 1. The summed E-state index contributed by atoms with van der Waals surface area (Å²) in [5.41, 5.74) is 0.754. The van der Waals surface area contributed by atoms with Crippen LogP contribution in [0.15, 0.2) is 66.7 Å². The molecule has 3 aromatic rings. The second kappa shape index (κ2) is 8.30. The fourth-order valence-corrected chi connectivity index (χ4v) is 2.95. The summed E-state index contributed by atoms with van der Waals surface area (Å²) >= 11 is 0. The van der Waals surface area contributed by atoms with Gasteiger partial charge >= 0.3 is 5.97 Å². The highest BCUT2D eigenvalue weighted by atomic mass is 16.6. The minimum Gasteiger partial charge on any atom is -0.452 e. The normalized spacial score (nSPS) is 11.6. The molecule has 0 aliphatic carbocycles. The van der Waals surface area contributed by atoms with Gasteiger partial charge in [-0.15, -0.1) is 0 Å². The zero-order valence-corrected chi connectivity index (χ0v) is 15.1. The van der Waals surface area contributed by atoms with E-state index in [-0.39, 0.29) is 17.3 Å². The molecule has 3 aromatic carbocycles. The Balaban J connectivity index is 1.61. The third-order valence-electron chi connectivity index (χ3n) is 4.29. The molecule has 0 spiro atoms. The Morgan fingerprint density at radius 2 is 1.79 bits per heavy atom. The number of benzene rings is 3. The first-order valence-electron chi connectivity index (χ1n) is 8.64. The third kappa shape index (κ3) is 4.32. The highest BCUT2D eigenvalue weighted by Crippen LogP contribution is 2.24. The maximum Gasteiger partial charge on any atom is 0.338 e. The Labute approximate surface area is 161 Å². The van der Waals surface area contributed by atoms with Crippen molar-refractivity contribution in [3.8, 4) is 0 Å². The van der Waals surface area contributed by atoms with Gasteiger partial charge in [-0.2, -0.15) is 0 Å². The summed E-state index contributed by atoms with van der Waals surface area (Å²) in [6.45, 7) is 1.37. The molecule has 0 bridgehead atoms. The molecule has 28 heavy (non-hydrogen) atoms. The average Bonchev–Trinajstić information content (AvgIpc) is 2.71. The Morgan fingerprint density at radius 1 is 1.07 bits per heavy atom. The number of carbonyl (C=O) groups excluding carboxylic acids is 2. The summed E-state index contributed by atoms with van der Waals surface area (Å²) < 4.78 is 4.98. The number of amides is 1. The Morgan fingerprint density at radius 3 is 2.57 bits per heavy atom. The van der Waals surface area contributed by atoms with Crippen LogP contribution in [0.5, 0.6) is 0 Å². The van der Waals surface area contributed by atoms with Crippen LogP contribution in [-0.4, -0.2) is 23.4 Å². The molecule has 0 saturated carbocycles. The molecule has 0 unspecified atom stereocenters. The van der Waals surface area contributed by atoms with Gasteiger partial charge < -0.3 is 10.1 Å². The number of fused-ring (bicyclic) bond motifs is 1. The Kier molecular flexibility index (Phi) is 5.64. The molecule has 0 fully saturated rings. The van der Waals surface area contributed by atoms with E-state index in [1.165, 1.54) is 18.2 Å². The van der Waals surface area contributed by atoms with Crippen LogP contribution in [0.1, 0.15) is 28.9 Å². The van der Waals surface area contributed by atoms with E-state index in [1.54, 1.807) is 0 Å². The van der Waals surface area contributed by atoms with Gasteiger partial charge in [-0.05, 0) is 29.3 Å². The van der Waals surface area contributed by atoms with Gasteiger partial charge in [0, 0.05) is 12.1 Å². The number of nitrogens with zero attached hydrogens (tertiary/aromatic N) is 1. The average molecular weight is 378 g/mol. The number of ether oxygens (including phenoxy) is 1. The summed E-state index contributed by atoms with van der Waals surface area (Å²) in [6.07, 6.45) is 0. The lowest BCUT2D eigenvalue weighted by Crippen LogP contribution is -2.31. The molecule has 0 saturated heterocycles. The molecule has 0 aliphatic rings. The standard InChI is InChI=1S/C21H18N2O5/c1-14(18-11-5-7-15-6-2-3-10-19(15)18)22-20(24)13-28-21(25)16-8-4-9-17(12-16)23(26)27/h2-12,14H,13H2,1H3,(H,22,24)/t14-/m1/s1. The zero-order chi connectivity index (χ0) is 20.1. The van der Waals surface area contributed by atoms with Gasteiger partial charge in [-0.3, -0.25) is 14.9 Å². The summed E-state index contributed by atoms with van der Waals surface area (Å²) in [4.78, 5) is 34.4. The van der Waals surface area contributed by atoms with Gasteiger partial charge in [-0.1, -0.05) is 48.5 Å².